The van der Waals surface area contributed by atoms with Crippen LogP contribution in [0.5, 0.6) is 5.75 Å². The van der Waals surface area contributed by atoms with Crippen molar-refractivity contribution in [3.63, 3.8) is 0 Å². The molecule has 0 bridgehead atoms. The van der Waals surface area contributed by atoms with Gasteiger partial charge in [-0.3, -0.25) is 9.59 Å². The highest BCUT2D eigenvalue weighted by Gasteiger charge is 2.34. The zero-order valence-electron chi connectivity index (χ0n) is 15.0. The Morgan fingerprint density at radius 1 is 1.23 bits per heavy atom. The number of aryl methyl sites for hydroxylation is 1. The maximum absolute atomic E-state index is 12.9. The van der Waals surface area contributed by atoms with E-state index in [1.54, 1.807) is 35.1 Å². The third-order valence-corrected chi connectivity index (χ3v) is 5.05. The summed E-state index contributed by atoms with van der Waals surface area (Å²) in [7, 11) is 1.58. The van der Waals surface area contributed by atoms with E-state index in [2.05, 4.69) is 0 Å². The Balaban J connectivity index is 1.83. The van der Waals surface area contributed by atoms with Crippen molar-refractivity contribution in [1.29, 1.82) is 0 Å². The van der Waals surface area contributed by atoms with Gasteiger partial charge in [0.25, 0.3) is 5.91 Å². The van der Waals surface area contributed by atoms with Crippen LogP contribution in [0.4, 0.5) is 5.69 Å². The first-order chi connectivity index (χ1) is 12.4. The van der Waals surface area contributed by atoms with Crippen LogP contribution < -0.4 is 9.64 Å². The van der Waals surface area contributed by atoms with Crippen LogP contribution in [0.3, 0.4) is 0 Å². The summed E-state index contributed by atoms with van der Waals surface area (Å²) >= 11 is 6.04. The molecule has 0 unspecified atom stereocenters. The quantitative estimate of drug-likeness (QED) is 0.828. The molecule has 1 aliphatic heterocycles. The number of methoxy groups -OCH3 is 1. The van der Waals surface area contributed by atoms with Gasteiger partial charge in [0.15, 0.2) is 0 Å². The maximum atomic E-state index is 12.9. The molecular weight excluding hydrogens is 352 g/mol. The number of amides is 2. The van der Waals surface area contributed by atoms with Crippen LogP contribution in [-0.4, -0.2) is 43.0 Å². The molecule has 0 aromatic heterocycles. The highest BCUT2D eigenvalue weighted by molar-refractivity contribution is 6.31. The van der Waals surface area contributed by atoms with Gasteiger partial charge in [-0.15, -0.1) is 0 Å². The van der Waals surface area contributed by atoms with Crippen molar-refractivity contribution in [3.05, 3.63) is 58.6 Å². The minimum atomic E-state index is -0.162. The lowest BCUT2D eigenvalue weighted by Gasteiger charge is -2.39. The van der Waals surface area contributed by atoms with Gasteiger partial charge in [-0.05, 0) is 49.7 Å². The highest BCUT2D eigenvalue weighted by atomic mass is 35.5. The lowest BCUT2D eigenvalue weighted by molar-refractivity contribution is -0.121. The van der Waals surface area contributed by atoms with Crippen LogP contribution >= 0.6 is 11.6 Å². The summed E-state index contributed by atoms with van der Waals surface area (Å²) in [6, 6.07) is 12.4. The van der Waals surface area contributed by atoms with E-state index in [-0.39, 0.29) is 24.4 Å². The molecule has 0 aliphatic carbocycles. The first kappa shape index (κ1) is 18.3. The van der Waals surface area contributed by atoms with Crippen LogP contribution in [0.25, 0.3) is 0 Å². The molecule has 1 heterocycles. The Kier molecular flexibility index (Phi) is 5.18. The number of nitrogens with zero attached hydrogens (tertiary/aromatic N) is 2. The van der Waals surface area contributed by atoms with Crippen LogP contribution in [0, 0.1) is 6.92 Å². The minimum Gasteiger partial charge on any atom is -0.495 e. The Bertz CT molecular complexity index is 853. The van der Waals surface area contributed by atoms with E-state index in [0.29, 0.717) is 22.9 Å². The molecule has 1 saturated heterocycles. The summed E-state index contributed by atoms with van der Waals surface area (Å²) < 4.78 is 5.36. The number of carbonyl (C=O) groups excluding carboxylic acids is 2. The molecule has 0 N–H and O–H groups in total. The lowest BCUT2D eigenvalue weighted by Crippen LogP contribution is -2.57. The molecule has 2 aromatic rings. The number of ether oxygens (including phenoxy) is 1. The third-order valence-electron chi connectivity index (χ3n) is 4.63. The maximum Gasteiger partial charge on any atom is 0.254 e. The fourth-order valence-electron chi connectivity index (χ4n) is 3.15. The molecule has 1 fully saturated rings. The Morgan fingerprint density at radius 3 is 2.65 bits per heavy atom. The highest BCUT2D eigenvalue weighted by Crippen LogP contribution is 2.30. The number of hydrogen-bond donors (Lipinski definition) is 0. The Labute approximate surface area is 158 Å². The third kappa shape index (κ3) is 3.40. The van der Waals surface area contributed by atoms with Gasteiger partial charge in [0, 0.05) is 23.2 Å². The molecule has 1 aliphatic rings. The topological polar surface area (TPSA) is 49.9 Å². The second-order valence-corrected chi connectivity index (χ2v) is 6.83. The van der Waals surface area contributed by atoms with E-state index in [1.165, 1.54) is 0 Å². The summed E-state index contributed by atoms with van der Waals surface area (Å²) in [6.07, 6.45) is 0. The van der Waals surface area contributed by atoms with E-state index in [1.807, 2.05) is 38.1 Å². The average Bonchev–Trinajstić information content (AvgIpc) is 2.65. The molecule has 3 rings (SSSR count). The van der Waals surface area contributed by atoms with Gasteiger partial charge in [0.1, 0.15) is 12.3 Å². The largest absolute Gasteiger partial charge is 0.495 e. The van der Waals surface area contributed by atoms with Crippen molar-refractivity contribution in [1.82, 2.24) is 4.90 Å². The molecule has 26 heavy (non-hydrogen) atoms. The zero-order chi connectivity index (χ0) is 18.8. The van der Waals surface area contributed by atoms with E-state index in [0.717, 1.165) is 11.3 Å². The molecule has 6 heteroatoms. The standard InChI is InChI=1S/C20H21ClN2O3/c1-13-10-15(8-9-16(13)21)20(25)22-12-19(24)23(11-14(22)2)17-6-4-5-7-18(17)26-3/h4-10,14H,11-12H2,1-3H3/t14-/m1/s1. The number of halogens is 1. The Hall–Kier alpha value is -2.53. The lowest BCUT2D eigenvalue weighted by atomic mass is 10.1. The van der Waals surface area contributed by atoms with Crippen molar-refractivity contribution < 1.29 is 14.3 Å². The number of para-hydroxylation sites is 2. The summed E-state index contributed by atoms with van der Waals surface area (Å²) in [5.41, 5.74) is 2.10. The molecule has 0 spiro atoms. The number of benzene rings is 2. The smallest absolute Gasteiger partial charge is 0.254 e. The first-order valence-corrected chi connectivity index (χ1v) is 8.80. The zero-order valence-corrected chi connectivity index (χ0v) is 15.8. The van der Waals surface area contributed by atoms with Crippen molar-refractivity contribution in [2.24, 2.45) is 0 Å². The fourth-order valence-corrected chi connectivity index (χ4v) is 3.27. The Morgan fingerprint density at radius 2 is 1.96 bits per heavy atom. The normalized spacial score (nSPS) is 17.4. The van der Waals surface area contributed by atoms with Gasteiger partial charge in [-0.1, -0.05) is 23.7 Å². The molecule has 0 radical (unpaired) electrons. The molecular formula is C20H21ClN2O3. The van der Waals surface area contributed by atoms with Crippen molar-refractivity contribution in [3.8, 4) is 5.75 Å². The molecule has 2 amide bonds. The van der Waals surface area contributed by atoms with Crippen LogP contribution in [0.15, 0.2) is 42.5 Å². The van der Waals surface area contributed by atoms with Gasteiger partial charge in [0.05, 0.1) is 12.8 Å². The summed E-state index contributed by atoms with van der Waals surface area (Å²) in [6.45, 7) is 4.24. The average molecular weight is 373 g/mol. The van der Waals surface area contributed by atoms with Gasteiger partial charge in [-0.25, -0.2) is 0 Å². The summed E-state index contributed by atoms with van der Waals surface area (Å²) in [5, 5.41) is 0.617. The monoisotopic (exact) mass is 372 g/mol. The van der Waals surface area contributed by atoms with Crippen molar-refractivity contribution in [2.75, 3.05) is 25.1 Å². The van der Waals surface area contributed by atoms with Gasteiger partial charge >= 0.3 is 0 Å². The number of carbonyl (C=O) groups is 2. The molecule has 1 atom stereocenters. The van der Waals surface area contributed by atoms with E-state index >= 15 is 0 Å². The van der Waals surface area contributed by atoms with Crippen molar-refractivity contribution in [2.45, 2.75) is 19.9 Å². The summed E-state index contributed by atoms with van der Waals surface area (Å²) in [4.78, 5) is 28.9. The number of rotatable bonds is 3. The van der Waals surface area contributed by atoms with Gasteiger partial charge < -0.3 is 14.5 Å². The molecule has 136 valence electrons. The van der Waals surface area contributed by atoms with E-state index in [9.17, 15) is 9.59 Å². The van der Waals surface area contributed by atoms with Crippen LogP contribution in [0.1, 0.15) is 22.8 Å². The second-order valence-electron chi connectivity index (χ2n) is 6.42. The van der Waals surface area contributed by atoms with Crippen LogP contribution in [-0.2, 0) is 4.79 Å². The van der Waals surface area contributed by atoms with Crippen molar-refractivity contribution >= 4 is 29.1 Å². The molecule has 5 nitrogen and oxygen atoms in total. The minimum absolute atomic E-state index is 0.0275. The summed E-state index contributed by atoms with van der Waals surface area (Å²) in [5.74, 6) is 0.345. The SMILES string of the molecule is COc1ccccc1N1C[C@@H](C)N(C(=O)c2ccc(Cl)c(C)c2)CC1=O. The van der Waals surface area contributed by atoms with Crippen LogP contribution in [0.2, 0.25) is 5.02 Å². The molecule has 2 aromatic carbocycles. The first-order valence-electron chi connectivity index (χ1n) is 8.43. The number of anilines is 1. The van der Waals surface area contributed by atoms with E-state index < -0.39 is 0 Å². The fraction of sp³-hybridized carbons (Fsp3) is 0.300. The molecule has 0 saturated carbocycles. The number of piperazine rings is 1. The van der Waals surface area contributed by atoms with Gasteiger partial charge in [-0.2, -0.15) is 0 Å². The van der Waals surface area contributed by atoms with E-state index in [4.69, 9.17) is 16.3 Å². The second kappa shape index (κ2) is 7.38. The van der Waals surface area contributed by atoms with Gasteiger partial charge in [0.2, 0.25) is 5.91 Å². The number of hydrogen-bond acceptors (Lipinski definition) is 3. The predicted molar refractivity (Wildman–Crippen MR) is 102 cm³/mol. The predicted octanol–water partition coefficient (Wildman–Crippen LogP) is 3.53.